The summed E-state index contributed by atoms with van der Waals surface area (Å²) in [5, 5.41) is 0. The van der Waals surface area contributed by atoms with Crippen LogP contribution in [0.4, 0.5) is 0 Å². The van der Waals surface area contributed by atoms with Gasteiger partial charge in [0.2, 0.25) is 5.91 Å². The summed E-state index contributed by atoms with van der Waals surface area (Å²) in [5.41, 5.74) is 7.99. The molecule has 1 aromatic heterocycles. The average molecular weight is 314 g/mol. The number of nitrogens with zero attached hydrogens (tertiary/aromatic N) is 3. The van der Waals surface area contributed by atoms with Crippen molar-refractivity contribution in [3.05, 3.63) is 30.1 Å². The Morgan fingerprint density at radius 3 is 2.74 bits per heavy atom. The maximum atomic E-state index is 12.2. The number of nitrogens with two attached hydrogens (primary N) is 1. The molecule has 0 radical (unpaired) electrons. The normalized spacial score (nSPS) is 20.2. The van der Waals surface area contributed by atoms with Crippen molar-refractivity contribution in [1.29, 1.82) is 0 Å². The van der Waals surface area contributed by atoms with Gasteiger partial charge in [0, 0.05) is 25.0 Å². The highest BCUT2D eigenvalue weighted by Crippen LogP contribution is 2.31. The minimum atomic E-state index is -0.433. The first-order valence-electron chi connectivity index (χ1n) is 8.50. The molecule has 2 N–H and O–H groups in total. The second-order valence-electron chi connectivity index (χ2n) is 6.83. The third kappa shape index (κ3) is 2.98. The molecule has 1 aromatic carbocycles. The molecule has 2 atom stereocenters. The highest BCUT2D eigenvalue weighted by Gasteiger charge is 2.30. The molecule has 1 aliphatic rings. The number of benzene rings is 1. The fraction of sp³-hybridized carbons (Fsp3) is 0.556. The van der Waals surface area contributed by atoms with Gasteiger partial charge in [-0.3, -0.25) is 4.79 Å². The van der Waals surface area contributed by atoms with Crippen molar-refractivity contribution in [2.75, 3.05) is 13.1 Å². The molecule has 0 spiro atoms. The number of carbonyl (C=O) groups excluding carboxylic acids is 1. The monoisotopic (exact) mass is 314 g/mol. The number of aromatic nitrogens is 2. The fourth-order valence-electron chi connectivity index (χ4n) is 3.57. The van der Waals surface area contributed by atoms with Crippen LogP contribution in [0.15, 0.2) is 24.3 Å². The number of imidazole rings is 1. The van der Waals surface area contributed by atoms with E-state index in [1.165, 1.54) is 5.52 Å². The van der Waals surface area contributed by atoms with Gasteiger partial charge in [0.1, 0.15) is 5.82 Å². The Bertz CT molecular complexity index is 704. The van der Waals surface area contributed by atoms with Crippen LogP contribution in [0.5, 0.6) is 0 Å². The van der Waals surface area contributed by atoms with Crippen molar-refractivity contribution in [2.24, 2.45) is 5.73 Å². The minimum Gasteiger partial charge on any atom is -0.341 e. The van der Waals surface area contributed by atoms with Gasteiger partial charge in [0.15, 0.2) is 0 Å². The molecule has 2 heterocycles. The largest absolute Gasteiger partial charge is 0.341 e. The van der Waals surface area contributed by atoms with E-state index in [0.717, 1.165) is 37.3 Å². The third-order valence-electron chi connectivity index (χ3n) is 4.63. The zero-order valence-corrected chi connectivity index (χ0v) is 14.2. The lowest BCUT2D eigenvalue weighted by Gasteiger charge is -2.34. The SMILES string of the molecule is CC(N)C(=O)N1CCCC(c2nc3ccccc3n2C(C)C)C1. The molecule has 3 rings (SSSR count). The van der Waals surface area contributed by atoms with E-state index in [1.54, 1.807) is 6.92 Å². The summed E-state index contributed by atoms with van der Waals surface area (Å²) in [7, 11) is 0. The number of hydrogen-bond acceptors (Lipinski definition) is 3. The van der Waals surface area contributed by atoms with E-state index in [1.807, 2.05) is 11.0 Å². The molecule has 23 heavy (non-hydrogen) atoms. The average Bonchev–Trinajstić information content (AvgIpc) is 2.93. The molecule has 0 saturated carbocycles. The van der Waals surface area contributed by atoms with E-state index in [9.17, 15) is 4.79 Å². The highest BCUT2D eigenvalue weighted by molar-refractivity contribution is 5.81. The second-order valence-corrected chi connectivity index (χ2v) is 6.83. The zero-order chi connectivity index (χ0) is 16.6. The molecule has 5 nitrogen and oxygen atoms in total. The molecule has 124 valence electrons. The second kappa shape index (κ2) is 6.32. The van der Waals surface area contributed by atoms with Gasteiger partial charge in [-0.15, -0.1) is 0 Å². The number of para-hydroxylation sites is 2. The van der Waals surface area contributed by atoms with Gasteiger partial charge in [0.05, 0.1) is 17.1 Å². The van der Waals surface area contributed by atoms with Crippen LogP contribution in [0.25, 0.3) is 11.0 Å². The van der Waals surface area contributed by atoms with Crippen molar-refractivity contribution in [1.82, 2.24) is 14.5 Å². The number of fused-ring (bicyclic) bond motifs is 1. The summed E-state index contributed by atoms with van der Waals surface area (Å²) in [5.74, 6) is 1.42. The maximum Gasteiger partial charge on any atom is 0.239 e. The van der Waals surface area contributed by atoms with Crippen molar-refractivity contribution in [3.63, 3.8) is 0 Å². The number of piperidine rings is 1. The molecule has 0 aliphatic carbocycles. The Morgan fingerprint density at radius 1 is 1.30 bits per heavy atom. The van der Waals surface area contributed by atoms with Crippen LogP contribution in [-0.2, 0) is 4.79 Å². The van der Waals surface area contributed by atoms with Crippen LogP contribution in [-0.4, -0.2) is 39.5 Å². The Balaban J connectivity index is 1.96. The molecule has 1 fully saturated rings. The molecule has 1 amide bonds. The quantitative estimate of drug-likeness (QED) is 0.947. The van der Waals surface area contributed by atoms with Crippen LogP contribution in [0.3, 0.4) is 0 Å². The van der Waals surface area contributed by atoms with E-state index >= 15 is 0 Å². The Morgan fingerprint density at radius 2 is 2.04 bits per heavy atom. The van der Waals surface area contributed by atoms with Crippen LogP contribution >= 0.6 is 0 Å². The summed E-state index contributed by atoms with van der Waals surface area (Å²) in [6.07, 6.45) is 2.07. The lowest BCUT2D eigenvalue weighted by molar-refractivity contribution is -0.133. The number of carbonyl (C=O) groups is 1. The van der Waals surface area contributed by atoms with Gasteiger partial charge in [-0.25, -0.2) is 4.98 Å². The highest BCUT2D eigenvalue weighted by atomic mass is 16.2. The van der Waals surface area contributed by atoms with Crippen molar-refractivity contribution in [2.45, 2.75) is 51.6 Å². The van der Waals surface area contributed by atoms with Crippen LogP contribution in [0, 0.1) is 0 Å². The van der Waals surface area contributed by atoms with Gasteiger partial charge in [-0.1, -0.05) is 12.1 Å². The summed E-state index contributed by atoms with van der Waals surface area (Å²) < 4.78 is 2.32. The lowest BCUT2D eigenvalue weighted by atomic mass is 9.96. The minimum absolute atomic E-state index is 0.0434. The summed E-state index contributed by atoms with van der Waals surface area (Å²) >= 11 is 0. The van der Waals surface area contributed by atoms with Crippen molar-refractivity contribution >= 4 is 16.9 Å². The van der Waals surface area contributed by atoms with Crippen LogP contribution in [0.1, 0.15) is 51.4 Å². The van der Waals surface area contributed by atoms with Crippen molar-refractivity contribution < 1.29 is 4.79 Å². The predicted molar refractivity (Wildman–Crippen MR) is 92.3 cm³/mol. The van der Waals surface area contributed by atoms with Gasteiger partial charge < -0.3 is 15.2 Å². The van der Waals surface area contributed by atoms with Gasteiger partial charge in [0.25, 0.3) is 0 Å². The molecule has 2 aromatic rings. The van der Waals surface area contributed by atoms with E-state index < -0.39 is 6.04 Å². The fourth-order valence-corrected chi connectivity index (χ4v) is 3.57. The van der Waals surface area contributed by atoms with Crippen molar-refractivity contribution in [3.8, 4) is 0 Å². The number of likely N-dealkylation sites (tertiary alicyclic amines) is 1. The van der Waals surface area contributed by atoms with Gasteiger partial charge >= 0.3 is 0 Å². The topological polar surface area (TPSA) is 64.2 Å². The summed E-state index contributed by atoms with van der Waals surface area (Å²) in [4.78, 5) is 19.0. The molecule has 1 saturated heterocycles. The first kappa shape index (κ1) is 16.0. The summed E-state index contributed by atoms with van der Waals surface area (Å²) in [6.45, 7) is 7.65. The molecular formula is C18H26N4O. The van der Waals surface area contributed by atoms with Gasteiger partial charge in [-0.05, 0) is 45.7 Å². The Labute approximate surface area is 137 Å². The first-order chi connectivity index (χ1) is 11.0. The van der Waals surface area contributed by atoms with E-state index in [-0.39, 0.29) is 11.8 Å². The van der Waals surface area contributed by atoms with E-state index in [2.05, 4.69) is 36.6 Å². The molecule has 0 bridgehead atoms. The number of amides is 1. The molecule has 2 unspecified atom stereocenters. The van der Waals surface area contributed by atoms with Crippen LogP contribution < -0.4 is 5.73 Å². The molecule has 1 aliphatic heterocycles. The zero-order valence-electron chi connectivity index (χ0n) is 14.2. The number of rotatable bonds is 3. The molecule has 5 heteroatoms. The lowest BCUT2D eigenvalue weighted by Crippen LogP contribution is -2.46. The third-order valence-corrected chi connectivity index (χ3v) is 4.63. The summed E-state index contributed by atoms with van der Waals surface area (Å²) in [6, 6.07) is 8.18. The van der Waals surface area contributed by atoms with Crippen LogP contribution in [0.2, 0.25) is 0 Å². The standard InChI is InChI=1S/C18H26N4O/c1-12(2)22-16-9-5-4-8-15(16)20-17(22)14-7-6-10-21(11-14)18(23)13(3)19/h4-5,8-9,12-14H,6-7,10-11,19H2,1-3H3. The first-order valence-corrected chi connectivity index (χ1v) is 8.50. The van der Waals surface area contributed by atoms with E-state index in [4.69, 9.17) is 10.7 Å². The Kier molecular flexibility index (Phi) is 4.39. The molecular weight excluding hydrogens is 288 g/mol. The van der Waals surface area contributed by atoms with E-state index in [0.29, 0.717) is 6.04 Å². The maximum absolute atomic E-state index is 12.2. The number of hydrogen-bond donors (Lipinski definition) is 1. The smallest absolute Gasteiger partial charge is 0.239 e. The van der Waals surface area contributed by atoms with Gasteiger partial charge in [-0.2, -0.15) is 0 Å². The Hall–Kier alpha value is -1.88. The predicted octanol–water partition coefficient (Wildman–Crippen LogP) is 2.67.